The van der Waals surface area contributed by atoms with Gasteiger partial charge < -0.3 is 14.6 Å². The maximum Gasteiger partial charge on any atom is 0.158 e. The number of hydrogen-bond donors (Lipinski definition) is 1. The summed E-state index contributed by atoms with van der Waals surface area (Å²) in [5, 5.41) is 9.40. The summed E-state index contributed by atoms with van der Waals surface area (Å²) in [4.78, 5) is 11.7. The maximum atomic E-state index is 11.7. The standard InChI is InChI=1S/C19H32O4/c1-2-3-4-7-16(23-19-8-5-6-13-22-19)11-9-15-10-12-18(21)17(15)14-20/h9,11,15-17,19-20H,2-8,10,12-14H2,1H3/b11-9+. The molecule has 2 rings (SSSR count). The van der Waals surface area contributed by atoms with Crippen LogP contribution in [-0.2, 0) is 14.3 Å². The van der Waals surface area contributed by atoms with E-state index in [4.69, 9.17) is 9.47 Å². The predicted octanol–water partition coefficient (Wildman–Crippen LogP) is 3.62. The third-order valence-electron chi connectivity index (χ3n) is 4.98. The average Bonchev–Trinajstić information content (AvgIpc) is 2.93. The van der Waals surface area contributed by atoms with Crippen molar-refractivity contribution < 1.29 is 19.4 Å². The van der Waals surface area contributed by atoms with Gasteiger partial charge in [0.15, 0.2) is 6.29 Å². The second-order valence-electron chi connectivity index (χ2n) is 6.81. The molecule has 2 aliphatic rings. The van der Waals surface area contributed by atoms with E-state index < -0.39 is 0 Å². The van der Waals surface area contributed by atoms with Crippen LogP contribution >= 0.6 is 0 Å². The van der Waals surface area contributed by atoms with Crippen LogP contribution in [0.5, 0.6) is 0 Å². The lowest BCUT2D eigenvalue weighted by Gasteiger charge is -2.27. The van der Waals surface area contributed by atoms with E-state index in [2.05, 4.69) is 19.1 Å². The Kier molecular flexibility index (Phi) is 8.27. The van der Waals surface area contributed by atoms with Crippen LogP contribution < -0.4 is 0 Å². The Morgan fingerprint density at radius 2 is 2.22 bits per heavy atom. The van der Waals surface area contributed by atoms with Gasteiger partial charge in [-0.1, -0.05) is 38.3 Å². The Bertz CT molecular complexity index is 374. The van der Waals surface area contributed by atoms with Gasteiger partial charge in [-0.25, -0.2) is 0 Å². The lowest BCUT2D eigenvalue weighted by Crippen LogP contribution is -2.27. The number of ether oxygens (including phenoxy) is 2. The van der Waals surface area contributed by atoms with Crippen LogP contribution in [-0.4, -0.2) is 36.5 Å². The van der Waals surface area contributed by atoms with Gasteiger partial charge >= 0.3 is 0 Å². The molecule has 4 atom stereocenters. The van der Waals surface area contributed by atoms with Crippen LogP contribution in [0.25, 0.3) is 0 Å². The van der Waals surface area contributed by atoms with Gasteiger partial charge in [0.05, 0.1) is 12.7 Å². The molecule has 0 aromatic carbocycles. The molecule has 23 heavy (non-hydrogen) atoms. The molecular weight excluding hydrogens is 292 g/mol. The molecule has 0 bridgehead atoms. The summed E-state index contributed by atoms with van der Waals surface area (Å²) in [5.74, 6) is 0.145. The van der Waals surface area contributed by atoms with Crippen molar-refractivity contribution in [3.8, 4) is 0 Å². The molecule has 0 spiro atoms. The van der Waals surface area contributed by atoms with E-state index in [1.165, 1.54) is 19.3 Å². The SMILES string of the molecule is CCCCCC(/C=C/C1CCC(=O)C1CO)OC1CCCCO1. The van der Waals surface area contributed by atoms with Crippen LogP contribution in [0.1, 0.15) is 64.7 Å². The summed E-state index contributed by atoms with van der Waals surface area (Å²) in [7, 11) is 0. The van der Waals surface area contributed by atoms with E-state index in [0.29, 0.717) is 6.42 Å². The number of hydrogen-bond acceptors (Lipinski definition) is 4. The summed E-state index contributed by atoms with van der Waals surface area (Å²) >= 11 is 0. The number of allylic oxidation sites excluding steroid dienone is 1. The highest BCUT2D eigenvalue weighted by Gasteiger charge is 2.32. The van der Waals surface area contributed by atoms with Crippen molar-refractivity contribution in [1.29, 1.82) is 0 Å². The fourth-order valence-corrected chi connectivity index (χ4v) is 3.49. The van der Waals surface area contributed by atoms with Crippen LogP contribution in [0.3, 0.4) is 0 Å². The molecule has 0 amide bonds. The Morgan fingerprint density at radius 3 is 2.91 bits per heavy atom. The summed E-state index contributed by atoms with van der Waals surface area (Å²) in [6.45, 7) is 2.95. The zero-order valence-corrected chi connectivity index (χ0v) is 14.4. The van der Waals surface area contributed by atoms with Crippen molar-refractivity contribution >= 4 is 5.78 Å². The fourth-order valence-electron chi connectivity index (χ4n) is 3.49. The predicted molar refractivity (Wildman–Crippen MR) is 90.1 cm³/mol. The van der Waals surface area contributed by atoms with E-state index in [9.17, 15) is 9.90 Å². The third kappa shape index (κ3) is 6.02. The second kappa shape index (κ2) is 10.2. The quantitative estimate of drug-likeness (QED) is 0.520. The normalized spacial score (nSPS) is 30.2. The highest BCUT2D eigenvalue weighted by Crippen LogP contribution is 2.30. The van der Waals surface area contributed by atoms with Gasteiger partial charge in [0, 0.05) is 18.9 Å². The lowest BCUT2D eigenvalue weighted by molar-refractivity contribution is -0.179. The summed E-state index contributed by atoms with van der Waals surface area (Å²) in [6.07, 6.45) is 13.4. The molecular formula is C19H32O4. The Hall–Kier alpha value is -0.710. The van der Waals surface area contributed by atoms with Gasteiger partial charge in [0.25, 0.3) is 0 Å². The van der Waals surface area contributed by atoms with E-state index in [0.717, 1.165) is 38.7 Å². The minimum atomic E-state index is -0.214. The minimum absolute atomic E-state index is 0.0407. The maximum absolute atomic E-state index is 11.7. The van der Waals surface area contributed by atoms with E-state index >= 15 is 0 Å². The number of aliphatic hydroxyl groups excluding tert-OH is 1. The van der Waals surface area contributed by atoms with Crippen LogP contribution in [0.4, 0.5) is 0 Å². The molecule has 1 aliphatic carbocycles. The molecule has 4 nitrogen and oxygen atoms in total. The molecule has 1 heterocycles. The Labute approximate surface area is 140 Å². The topological polar surface area (TPSA) is 55.8 Å². The van der Waals surface area contributed by atoms with Gasteiger partial charge in [0.1, 0.15) is 5.78 Å². The van der Waals surface area contributed by atoms with Crippen LogP contribution in [0.2, 0.25) is 0 Å². The Balaban J connectivity index is 1.89. The Morgan fingerprint density at radius 1 is 1.35 bits per heavy atom. The fraction of sp³-hybridized carbons (Fsp3) is 0.842. The first-order valence-corrected chi connectivity index (χ1v) is 9.33. The molecule has 0 aromatic heterocycles. The molecule has 0 radical (unpaired) electrons. The van der Waals surface area contributed by atoms with Crippen molar-refractivity contribution in [2.45, 2.75) is 77.1 Å². The molecule has 1 aliphatic heterocycles. The largest absolute Gasteiger partial charge is 0.396 e. The molecule has 4 unspecified atom stereocenters. The van der Waals surface area contributed by atoms with E-state index in [-0.39, 0.29) is 36.6 Å². The van der Waals surface area contributed by atoms with E-state index in [1.807, 2.05) is 0 Å². The summed E-state index contributed by atoms with van der Waals surface area (Å²) < 4.78 is 11.8. The van der Waals surface area contributed by atoms with Crippen molar-refractivity contribution in [3.63, 3.8) is 0 Å². The lowest BCUT2D eigenvalue weighted by atomic mass is 9.95. The van der Waals surface area contributed by atoms with Crippen molar-refractivity contribution in [1.82, 2.24) is 0 Å². The van der Waals surface area contributed by atoms with Crippen molar-refractivity contribution in [2.24, 2.45) is 11.8 Å². The molecule has 132 valence electrons. The van der Waals surface area contributed by atoms with Gasteiger partial charge in [0.2, 0.25) is 0 Å². The highest BCUT2D eigenvalue weighted by atomic mass is 16.7. The zero-order chi connectivity index (χ0) is 16.5. The van der Waals surface area contributed by atoms with Crippen LogP contribution in [0, 0.1) is 11.8 Å². The number of aliphatic hydroxyl groups is 1. The van der Waals surface area contributed by atoms with Crippen molar-refractivity contribution in [3.05, 3.63) is 12.2 Å². The number of rotatable bonds is 9. The van der Waals surface area contributed by atoms with Crippen LogP contribution in [0.15, 0.2) is 12.2 Å². The molecule has 1 N–H and O–H groups in total. The number of carbonyl (C=O) groups excluding carboxylic acids is 1. The monoisotopic (exact) mass is 324 g/mol. The minimum Gasteiger partial charge on any atom is -0.396 e. The zero-order valence-electron chi connectivity index (χ0n) is 14.4. The average molecular weight is 324 g/mol. The first-order chi connectivity index (χ1) is 11.2. The molecule has 1 saturated carbocycles. The van der Waals surface area contributed by atoms with Gasteiger partial charge in [-0.05, 0) is 38.0 Å². The first-order valence-electron chi connectivity index (χ1n) is 9.33. The van der Waals surface area contributed by atoms with E-state index in [1.54, 1.807) is 0 Å². The third-order valence-corrected chi connectivity index (χ3v) is 4.98. The second-order valence-corrected chi connectivity index (χ2v) is 6.81. The number of unbranched alkanes of at least 4 members (excludes halogenated alkanes) is 2. The summed E-state index contributed by atoms with van der Waals surface area (Å²) in [6, 6.07) is 0. The van der Waals surface area contributed by atoms with Gasteiger partial charge in [-0.2, -0.15) is 0 Å². The van der Waals surface area contributed by atoms with Gasteiger partial charge in [-0.3, -0.25) is 4.79 Å². The molecule has 4 heteroatoms. The van der Waals surface area contributed by atoms with Gasteiger partial charge in [-0.15, -0.1) is 0 Å². The molecule has 0 aromatic rings. The summed E-state index contributed by atoms with van der Waals surface area (Å²) in [5.41, 5.74) is 0. The number of Topliss-reactive ketones (excluding diaryl/α,β-unsaturated/α-hetero) is 1. The van der Waals surface area contributed by atoms with Crippen molar-refractivity contribution in [2.75, 3.05) is 13.2 Å². The number of ketones is 1. The number of carbonyl (C=O) groups is 1. The smallest absolute Gasteiger partial charge is 0.158 e. The first kappa shape index (κ1) is 18.6. The molecule has 1 saturated heterocycles. The highest BCUT2D eigenvalue weighted by molar-refractivity contribution is 5.83. The molecule has 2 fully saturated rings.